The lowest BCUT2D eigenvalue weighted by molar-refractivity contribution is -0.170. The fourth-order valence-electron chi connectivity index (χ4n) is 3.92. The number of carbonyl (C=O) groups is 1. The number of fused-ring (bicyclic) bond motifs is 1. The number of esters is 1. The van der Waals surface area contributed by atoms with Crippen molar-refractivity contribution in [3.05, 3.63) is 0 Å². The second-order valence-electron chi connectivity index (χ2n) is 5.67. The lowest BCUT2D eigenvalue weighted by Gasteiger charge is -2.44. The van der Waals surface area contributed by atoms with E-state index < -0.39 is 5.60 Å². The molecule has 0 amide bonds. The molecule has 0 aromatic heterocycles. The highest BCUT2D eigenvalue weighted by Gasteiger charge is 2.57. The molecular weight excluding hydrogens is 204 g/mol. The molecule has 0 radical (unpaired) electrons. The van der Waals surface area contributed by atoms with E-state index in [0.29, 0.717) is 5.92 Å². The van der Waals surface area contributed by atoms with E-state index >= 15 is 0 Å². The Morgan fingerprint density at radius 2 is 1.94 bits per heavy atom. The molecule has 2 aliphatic carbocycles. The van der Waals surface area contributed by atoms with Gasteiger partial charge in [-0.1, -0.05) is 13.8 Å². The predicted molar refractivity (Wildman–Crippen MR) is 60.7 cm³/mol. The topological polar surface area (TPSA) is 46.5 Å². The van der Waals surface area contributed by atoms with E-state index in [1.807, 2.05) is 0 Å². The third-order valence-corrected chi connectivity index (χ3v) is 4.82. The summed E-state index contributed by atoms with van der Waals surface area (Å²) in [6, 6.07) is 0. The molecule has 2 fully saturated rings. The van der Waals surface area contributed by atoms with E-state index in [9.17, 15) is 9.90 Å². The first-order valence-electron chi connectivity index (χ1n) is 6.31. The Hall–Kier alpha value is -0.570. The van der Waals surface area contributed by atoms with E-state index in [-0.39, 0.29) is 23.7 Å². The molecule has 5 atom stereocenters. The van der Waals surface area contributed by atoms with Crippen molar-refractivity contribution in [1.82, 2.24) is 0 Å². The largest absolute Gasteiger partial charge is 0.469 e. The Bertz CT molecular complexity index is 289. The van der Waals surface area contributed by atoms with Gasteiger partial charge >= 0.3 is 5.97 Å². The molecule has 16 heavy (non-hydrogen) atoms. The van der Waals surface area contributed by atoms with E-state index in [2.05, 4.69) is 13.8 Å². The van der Waals surface area contributed by atoms with Crippen LogP contribution in [0, 0.1) is 23.7 Å². The van der Waals surface area contributed by atoms with Crippen molar-refractivity contribution in [2.24, 2.45) is 23.7 Å². The Balaban J connectivity index is 2.29. The van der Waals surface area contributed by atoms with E-state index in [1.165, 1.54) is 7.11 Å². The molecule has 0 aromatic carbocycles. The average Bonchev–Trinajstić information content (AvgIpc) is 2.54. The maximum atomic E-state index is 11.8. The van der Waals surface area contributed by atoms with Gasteiger partial charge in [0.15, 0.2) is 0 Å². The zero-order valence-corrected chi connectivity index (χ0v) is 10.4. The molecule has 2 saturated carbocycles. The van der Waals surface area contributed by atoms with Crippen LogP contribution in [0.5, 0.6) is 0 Å². The van der Waals surface area contributed by atoms with Crippen molar-refractivity contribution >= 4 is 5.97 Å². The molecule has 92 valence electrons. The van der Waals surface area contributed by atoms with Gasteiger partial charge in [0.05, 0.1) is 18.6 Å². The lowest BCUT2D eigenvalue weighted by atomic mass is 9.64. The summed E-state index contributed by atoms with van der Waals surface area (Å²) in [6.07, 6.45) is 3.85. The van der Waals surface area contributed by atoms with Crippen LogP contribution in [0.25, 0.3) is 0 Å². The number of rotatable bonds is 1. The monoisotopic (exact) mass is 226 g/mol. The summed E-state index contributed by atoms with van der Waals surface area (Å²) in [7, 11) is 1.42. The van der Waals surface area contributed by atoms with Crippen LogP contribution in [0.1, 0.15) is 39.5 Å². The zero-order chi connectivity index (χ0) is 11.9. The van der Waals surface area contributed by atoms with Gasteiger partial charge in [-0.25, -0.2) is 0 Å². The first-order valence-corrected chi connectivity index (χ1v) is 6.31. The Morgan fingerprint density at radius 3 is 2.56 bits per heavy atom. The molecule has 0 aromatic rings. The van der Waals surface area contributed by atoms with Crippen LogP contribution in [0.2, 0.25) is 0 Å². The Morgan fingerprint density at radius 1 is 1.25 bits per heavy atom. The lowest BCUT2D eigenvalue weighted by Crippen LogP contribution is -2.52. The molecule has 0 spiro atoms. The molecular formula is C13H22O3. The number of hydrogen-bond acceptors (Lipinski definition) is 3. The third-order valence-electron chi connectivity index (χ3n) is 4.82. The summed E-state index contributed by atoms with van der Waals surface area (Å²) in [4.78, 5) is 11.8. The van der Waals surface area contributed by atoms with Crippen LogP contribution < -0.4 is 0 Å². The Labute approximate surface area is 97.2 Å². The first-order chi connectivity index (χ1) is 7.50. The van der Waals surface area contributed by atoms with Gasteiger partial charge in [0.2, 0.25) is 0 Å². The molecule has 0 unspecified atom stereocenters. The van der Waals surface area contributed by atoms with Crippen LogP contribution in [-0.2, 0) is 9.53 Å². The smallest absolute Gasteiger partial charge is 0.311 e. The summed E-state index contributed by atoms with van der Waals surface area (Å²) in [5, 5.41) is 10.8. The number of aliphatic hydroxyl groups is 1. The van der Waals surface area contributed by atoms with Gasteiger partial charge in [0.25, 0.3) is 0 Å². The molecule has 0 bridgehead atoms. The molecule has 3 heteroatoms. The molecule has 0 saturated heterocycles. The maximum absolute atomic E-state index is 11.8. The normalized spacial score (nSPS) is 47.5. The summed E-state index contributed by atoms with van der Waals surface area (Å²) in [5.74, 6) is 0.506. The average molecular weight is 226 g/mol. The van der Waals surface area contributed by atoms with Gasteiger partial charge in [0, 0.05) is 0 Å². The standard InChI is InChI=1S/C13H22O3/c1-8-6-7-13(15)10(8)5-4-9(2)11(13)12(14)16-3/h8-11,15H,4-7H2,1-3H3/t8-,9-,10+,11+,13-/m1/s1. The minimum atomic E-state index is -0.801. The van der Waals surface area contributed by atoms with Crippen LogP contribution >= 0.6 is 0 Å². The minimum absolute atomic E-state index is 0.228. The van der Waals surface area contributed by atoms with Gasteiger partial charge in [-0.05, 0) is 43.4 Å². The SMILES string of the molecule is COC(=O)[C@@H]1[C@H](C)CC[C@H]2[C@H](C)CC[C@]12O. The second kappa shape index (κ2) is 4.02. The highest BCUT2D eigenvalue weighted by molar-refractivity contribution is 5.74. The van der Waals surface area contributed by atoms with Gasteiger partial charge in [-0.2, -0.15) is 0 Å². The van der Waals surface area contributed by atoms with Crippen LogP contribution in [0.15, 0.2) is 0 Å². The molecule has 2 rings (SSSR count). The predicted octanol–water partition coefficient (Wildman–Crippen LogP) is 1.98. The van der Waals surface area contributed by atoms with Gasteiger partial charge in [0.1, 0.15) is 0 Å². The highest BCUT2D eigenvalue weighted by Crippen LogP contribution is 2.53. The second-order valence-corrected chi connectivity index (χ2v) is 5.67. The number of hydrogen-bond donors (Lipinski definition) is 1. The van der Waals surface area contributed by atoms with Crippen LogP contribution in [0.3, 0.4) is 0 Å². The number of methoxy groups -OCH3 is 1. The highest BCUT2D eigenvalue weighted by atomic mass is 16.5. The van der Waals surface area contributed by atoms with Gasteiger partial charge in [-0.15, -0.1) is 0 Å². The Kier molecular flexibility index (Phi) is 2.99. The number of carbonyl (C=O) groups excluding carboxylic acids is 1. The van der Waals surface area contributed by atoms with Crippen molar-refractivity contribution in [2.75, 3.05) is 7.11 Å². The van der Waals surface area contributed by atoms with Crippen molar-refractivity contribution in [3.8, 4) is 0 Å². The fourth-order valence-corrected chi connectivity index (χ4v) is 3.92. The van der Waals surface area contributed by atoms with Crippen LogP contribution in [0.4, 0.5) is 0 Å². The summed E-state index contributed by atoms with van der Waals surface area (Å²) < 4.78 is 4.87. The molecule has 0 heterocycles. The summed E-state index contributed by atoms with van der Waals surface area (Å²) in [5.41, 5.74) is -0.801. The maximum Gasteiger partial charge on any atom is 0.311 e. The van der Waals surface area contributed by atoms with Crippen molar-refractivity contribution in [2.45, 2.75) is 45.1 Å². The number of ether oxygens (including phenoxy) is 1. The van der Waals surface area contributed by atoms with Gasteiger partial charge < -0.3 is 9.84 Å². The third kappa shape index (κ3) is 1.56. The molecule has 1 N–H and O–H groups in total. The summed E-state index contributed by atoms with van der Waals surface area (Å²) >= 11 is 0. The molecule has 3 nitrogen and oxygen atoms in total. The van der Waals surface area contributed by atoms with E-state index in [1.54, 1.807) is 0 Å². The zero-order valence-electron chi connectivity index (χ0n) is 10.4. The quantitative estimate of drug-likeness (QED) is 0.695. The molecule has 2 aliphatic rings. The minimum Gasteiger partial charge on any atom is -0.469 e. The van der Waals surface area contributed by atoms with Crippen molar-refractivity contribution < 1.29 is 14.6 Å². The first kappa shape index (κ1) is 11.9. The fraction of sp³-hybridized carbons (Fsp3) is 0.923. The van der Waals surface area contributed by atoms with E-state index in [4.69, 9.17) is 4.74 Å². The van der Waals surface area contributed by atoms with Crippen LogP contribution in [-0.4, -0.2) is 23.8 Å². The summed E-state index contributed by atoms with van der Waals surface area (Å²) in [6.45, 7) is 4.24. The molecule has 0 aliphatic heterocycles. The van der Waals surface area contributed by atoms with Crippen molar-refractivity contribution in [1.29, 1.82) is 0 Å². The van der Waals surface area contributed by atoms with E-state index in [0.717, 1.165) is 25.7 Å². The van der Waals surface area contributed by atoms with Gasteiger partial charge in [-0.3, -0.25) is 4.79 Å². The van der Waals surface area contributed by atoms with Crippen molar-refractivity contribution in [3.63, 3.8) is 0 Å².